The van der Waals surface area contributed by atoms with Crippen LogP contribution in [-0.4, -0.2) is 5.71 Å². The Morgan fingerprint density at radius 2 is 1.47 bits per heavy atom. The van der Waals surface area contributed by atoms with Crippen LogP contribution in [0.3, 0.4) is 0 Å². The van der Waals surface area contributed by atoms with Gasteiger partial charge < -0.3 is 0 Å². The quantitative estimate of drug-likeness (QED) is 0.579. The molecule has 0 spiro atoms. The predicted octanol–water partition coefficient (Wildman–Crippen LogP) is 5.39. The zero-order valence-corrected chi connectivity index (χ0v) is 12.7. The first kappa shape index (κ1) is 16.1. The van der Waals surface area contributed by atoms with Crippen molar-refractivity contribution in [3.63, 3.8) is 0 Å². The molecule has 0 N–H and O–H groups in total. The number of nitrogens with zero attached hydrogens (tertiary/aromatic N) is 1. The van der Waals surface area contributed by atoms with Gasteiger partial charge in [-0.3, -0.25) is 4.99 Å². The van der Waals surface area contributed by atoms with Crippen LogP contribution in [0.1, 0.15) is 61.3 Å². The fraction of sp³-hybridized carbons (Fsp3) is 0.688. The predicted molar refractivity (Wildman–Crippen MR) is 79.5 cm³/mol. The summed E-state index contributed by atoms with van der Waals surface area (Å²) in [5.41, 5.74) is 2.63. The Morgan fingerprint density at radius 1 is 1.00 bits per heavy atom. The average molecular weight is 235 g/mol. The van der Waals surface area contributed by atoms with Gasteiger partial charge in [-0.1, -0.05) is 54.2 Å². The molecule has 98 valence electrons. The second-order valence-electron chi connectivity index (χ2n) is 7.14. The largest absolute Gasteiger partial charge is 0.258 e. The van der Waals surface area contributed by atoms with Crippen LogP contribution in [0.15, 0.2) is 29.4 Å². The van der Waals surface area contributed by atoms with Crippen LogP contribution in [-0.2, 0) is 0 Å². The highest BCUT2D eigenvalue weighted by atomic mass is 14.8. The molecule has 0 aliphatic carbocycles. The Morgan fingerprint density at radius 3 is 1.82 bits per heavy atom. The van der Waals surface area contributed by atoms with Crippen molar-refractivity contribution in [2.24, 2.45) is 15.8 Å². The summed E-state index contributed by atoms with van der Waals surface area (Å²) in [5.74, 6) is 0. The molecule has 0 fully saturated rings. The van der Waals surface area contributed by atoms with Gasteiger partial charge in [-0.05, 0) is 36.7 Å². The Kier molecular flexibility index (Phi) is 5.87. The third-order valence-corrected chi connectivity index (χ3v) is 2.11. The van der Waals surface area contributed by atoms with Gasteiger partial charge in [0.05, 0.1) is 0 Å². The molecule has 0 unspecified atom stereocenters. The highest BCUT2D eigenvalue weighted by Crippen LogP contribution is 2.25. The lowest BCUT2D eigenvalue weighted by Gasteiger charge is -2.20. The molecule has 17 heavy (non-hydrogen) atoms. The summed E-state index contributed by atoms with van der Waals surface area (Å²) in [7, 11) is 0. The maximum Gasteiger partial charge on any atom is 0.0408 e. The van der Waals surface area contributed by atoms with E-state index in [1.807, 2.05) is 6.92 Å². The minimum absolute atomic E-state index is 0.253. The first-order chi connectivity index (χ1) is 7.53. The Bertz CT molecular complexity index is 305. The highest BCUT2D eigenvalue weighted by Gasteiger charge is 2.15. The number of allylic oxidation sites excluding steroid dienone is 3. The lowest BCUT2D eigenvalue weighted by molar-refractivity contribution is 0.408. The molecule has 1 nitrogen and oxygen atoms in total. The monoisotopic (exact) mass is 235 g/mol. The summed E-state index contributed by atoms with van der Waals surface area (Å²) in [5, 5.41) is 0. The van der Waals surface area contributed by atoms with Crippen LogP contribution >= 0.6 is 0 Å². The number of rotatable bonds is 4. The van der Waals surface area contributed by atoms with Gasteiger partial charge >= 0.3 is 0 Å². The van der Waals surface area contributed by atoms with Gasteiger partial charge in [0.15, 0.2) is 0 Å². The van der Waals surface area contributed by atoms with E-state index >= 15 is 0 Å². The summed E-state index contributed by atoms with van der Waals surface area (Å²) < 4.78 is 0. The van der Waals surface area contributed by atoms with E-state index in [2.05, 4.69) is 65.3 Å². The summed E-state index contributed by atoms with van der Waals surface area (Å²) in [6.45, 7) is 19.5. The molecule has 0 saturated carbocycles. The minimum atomic E-state index is 0.253. The topological polar surface area (TPSA) is 12.4 Å². The van der Waals surface area contributed by atoms with Gasteiger partial charge in [-0.25, -0.2) is 0 Å². The molecule has 0 bridgehead atoms. The van der Waals surface area contributed by atoms with Gasteiger partial charge in [-0.15, -0.1) is 0 Å². The Balaban J connectivity index is 4.77. The third kappa shape index (κ3) is 10.0. The molecule has 0 atom stereocenters. The molecule has 0 saturated heterocycles. The van der Waals surface area contributed by atoms with E-state index in [9.17, 15) is 0 Å². The van der Waals surface area contributed by atoms with Crippen LogP contribution in [0.25, 0.3) is 0 Å². The Hall–Kier alpha value is -0.850. The van der Waals surface area contributed by atoms with Gasteiger partial charge in [0.1, 0.15) is 0 Å². The number of hydrogen-bond acceptors (Lipinski definition) is 1. The molecule has 0 radical (unpaired) electrons. The SMILES string of the molecule is C=C(CC(C)(C)C)N=C(/C=C\C)CC(C)(C)C. The summed E-state index contributed by atoms with van der Waals surface area (Å²) in [4.78, 5) is 4.67. The molecule has 1 heteroatoms. The lowest BCUT2D eigenvalue weighted by atomic mass is 9.88. The van der Waals surface area contributed by atoms with Crippen molar-refractivity contribution in [1.29, 1.82) is 0 Å². The number of aliphatic imine (C=N–C) groups is 1. The van der Waals surface area contributed by atoms with Crippen molar-refractivity contribution < 1.29 is 0 Å². The maximum absolute atomic E-state index is 4.67. The second-order valence-corrected chi connectivity index (χ2v) is 7.14. The zero-order valence-electron chi connectivity index (χ0n) is 12.7. The molecule has 0 aromatic heterocycles. The molecule has 0 rings (SSSR count). The van der Waals surface area contributed by atoms with E-state index in [4.69, 9.17) is 0 Å². The van der Waals surface area contributed by atoms with E-state index in [-0.39, 0.29) is 10.8 Å². The van der Waals surface area contributed by atoms with Crippen molar-refractivity contribution in [3.05, 3.63) is 24.4 Å². The normalized spacial score (nSPS) is 14.4. The van der Waals surface area contributed by atoms with E-state index in [1.165, 1.54) is 0 Å². The van der Waals surface area contributed by atoms with Crippen molar-refractivity contribution in [3.8, 4) is 0 Å². The van der Waals surface area contributed by atoms with Gasteiger partial charge in [0, 0.05) is 11.4 Å². The smallest absolute Gasteiger partial charge is 0.0408 e. The summed E-state index contributed by atoms with van der Waals surface area (Å²) in [6.07, 6.45) is 6.08. The van der Waals surface area contributed by atoms with Crippen molar-refractivity contribution in [2.45, 2.75) is 61.3 Å². The number of hydrogen-bond donors (Lipinski definition) is 0. The van der Waals surface area contributed by atoms with Gasteiger partial charge in [0.2, 0.25) is 0 Å². The van der Waals surface area contributed by atoms with Gasteiger partial charge in [0.25, 0.3) is 0 Å². The molecule has 0 heterocycles. The van der Waals surface area contributed by atoms with Gasteiger partial charge in [-0.2, -0.15) is 0 Å². The van der Waals surface area contributed by atoms with E-state index < -0.39 is 0 Å². The van der Waals surface area contributed by atoms with Crippen LogP contribution in [0.5, 0.6) is 0 Å². The Labute approximate surface area is 108 Å². The van der Waals surface area contributed by atoms with Crippen molar-refractivity contribution in [2.75, 3.05) is 0 Å². The van der Waals surface area contributed by atoms with Crippen LogP contribution in [0.4, 0.5) is 0 Å². The van der Waals surface area contributed by atoms with Crippen LogP contribution in [0.2, 0.25) is 0 Å². The molecule has 0 amide bonds. The van der Waals surface area contributed by atoms with E-state index in [0.29, 0.717) is 0 Å². The van der Waals surface area contributed by atoms with E-state index in [0.717, 1.165) is 24.3 Å². The minimum Gasteiger partial charge on any atom is -0.258 e. The van der Waals surface area contributed by atoms with Crippen LogP contribution < -0.4 is 0 Å². The van der Waals surface area contributed by atoms with Crippen LogP contribution in [0, 0.1) is 10.8 Å². The fourth-order valence-electron chi connectivity index (χ4n) is 1.73. The maximum atomic E-state index is 4.67. The first-order valence-electron chi connectivity index (χ1n) is 6.41. The standard InChI is InChI=1S/C16H29N/c1-9-10-14(12-16(6,7)8)17-13(2)11-15(3,4)5/h9-10H,2,11-12H2,1,3-8H3/b10-9-,17-14?. The first-order valence-corrected chi connectivity index (χ1v) is 6.41. The molecule has 0 aromatic carbocycles. The van der Waals surface area contributed by atoms with E-state index in [1.54, 1.807) is 0 Å². The third-order valence-electron chi connectivity index (χ3n) is 2.11. The highest BCUT2D eigenvalue weighted by molar-refractivity contribution is 5.95. The average Bonchev–Trinajstić information content (AvgIpc) is 1.95. The second kappa shape index (κ2) is 6.18. The molecular weight excluding hydrogens is 206 g/mol. The summed E-state index contributed by atoms with van der Waals surface area (Å²) >= 11 is 0. The molecule has 0 aliphatic rings. The molecule has 0 aromatic rings. The van der Waals surface area contributed by atoms with Crippen molar-refractivity contribution >= 4 is 5.71 Å². The summed E-state index contributed by atoms with van der Waals surface area (Å²) in [6, 6.07) is 0. The van der Waals surface area contributed by atoms with Crippen molar-refractivity contribution in [1.82, 2.24) is 0 Å². The molecular formula is C16H29N. The lowest BCUT2D eigenvalue weighted by Crippen LogP contribution is -2.12. The molecule has 0 aliphatic heterocycles. The fourth-order valence-corrected chi connectivity index (χ4v) is 1.73. The zero-order chi connectivity index (χ0) is 13.7.